The van der Waals surface area contributed by atoms with Crippen molar-refractivity contribution in [1.82, 2.24) is 10.2 Å². The average molecular weight is 389 g/mol. The standard InChI is InChI=1S/C17H13ClN4O5/c18-13-6-5-10(9-14(13)22(26)27)20-17(25)19-7-8-21-15(23)11-3-1-2-4-12(11)16(21)24/h1-6,9H,7-8H2,(H2,19,20,25). The number of nitro groups is 1. The molecule has 1 aliphatic rings. The summed E-state index contributed by atoms with van der Waals surface area (Å²) < 4.78 is 0. The minimum Gasteiger partial charge on any atom is -0.336 e. The number of benzene rings is 2. The van der Waals surface area contributed by atoms with Gasteiger partial charge >= 0.3 is 6.03 Å². The first kappa shape index (κ1) is 18.3. The first-order valence-electron chi connectivity index (χ1n) is 7.82. The van der Waals surface area contributed by atoms with Gasteiger partial charge in [-0.2, -0.15) is 0 Å². The van der Waals surface area contributed by atoms with Gasteiger partial charge in [-0.15, -0.1) is 0 Å². The van der Waals surface area contributed by atoms with Gasteiger partial charge in [-0.3, -0.25) is 24.6 Å². The molecule has 2 N–H and O–H groups in total. The molecule has 4 amide bonds. The Morgan fingerprint density at radius 3 is 2.33 bits per heavy atom. The number of fused-ring (bicyclic) bond motifs is 1. The van der Waals surface area contributed by atoms with E-state index >= 15 is 0 Å². The summed E-state index contributed by atoms with van der Waals surface area (Å²) >= 11 is 5.71. The summed E-state index contributed by atoms with van der Waals surface area (Å²) in [6.07, 6.45) is 0. The summed E-state index contributed by atoms with van der Waals surface area (Å²) in [4.78, 5) is 47.6. The third-order valence-electron chi connectivity index (χ3n) is 3.90. The van der Waals surface area contributed by atoms with E-state index in [2.05, 4.69) is 10.6 Å². The normalized spacial score (nSPS) is 12.7. The lowest BCUT2D eigenvalue weighted by Crippen LogP contribution is -2.39. The van der Waals surface area contributed by atoms with Gasteiger partial charge in [0.2, 0.25) is 0 Å². The highest BCUT2D eigenvalue weighted by Crippen LogP contribution is 2.27. The summed E-state index contributed by atoms with van der Waals surface area (Å²) in [6, 6.07) is 9.70. The van der Waals surface area contributed by atoms with Crippen molar-refractivity contribution in [2.75, 3.05) is 18.4 Å². The average Bonchev–Trinajstić information content (AvgIpc) is 2.88. The van der Waals surface area contributed by atoms with Gasteiger partial charge in [0.25, 0.3) is 17.5 Å². The second-order valence-electron chi connectivity index (χ2n) is 5.61. The monoisotopic (exact) mass is 388 g/mol. The van der Waals surface area contributed by atoms with Crippen molar-refractivity contribution in [3.05, 3.63) is 68.7 Å². The molecule has 0 aromatic heterocycles. The molecule has 0 atom stereocenters. The molecular weight excluding hydrogens is 376 g/mol. The van der Waals surface area contributed by atoms with Crippen molar-refractivity contribution >= 4 is 40.8 Å². The smallest absolute Gasteiger partial charge is 0.319 e. The number of amides is 4. The Hall–Kier alpha value is -3.46. The van der Waals surface area contributed by atoms with Crippen LogP contribution in [0.4, 0.5) is 16.2 Å². The van der Waals surface area contributed by atoms with E-state index in [1.807, 2.05) is 0 Å². The number of carbonyl (C=O) groups is 3. The van der Waals surface area contributed by atoms with E-state index in [-0.39, 0.29) is 29.5 Å². The van der Waals surface area contributed by atoms with Crippen LogP contribution in [0.25, 0.3) is 0 Å². The van der Waals surface area contributed by atoms with Crippen molar-refractivity contribution in [2.24, 2.45) is 0 Å². The molecule has 0 radical (unpaired) electrons. The highest BCUT2D eigenvalue weighted by Gasteiger charge is 2.34. The Kier molecular flexibility index (Phi) is 5.04. The summed E-state index contributed by atoms with van der Waals surface area (Å²) in [5.74, 6) is -0.822. The van der Waals surface area contributed by atoms with E-state index in [9.17, 15) is 24.5 Å². The van der Waals surface area contributed by atoms with Crippen molar-refractivity contribution in [3.63, 3.8) is 0 Å². The van der Waals surface area contributed by atoms with E-state index in [4.69, 9.17) is 11.6 Å². The van der Waals surface area contributed by atoms with Crippen LogP contribution in [0.5, 0.6) is 0 Å². The van der Waals surface area contributed by atoms with Crippen LogP contribution in [0.1, 0.15) is 20.7 Å². The van der Waals surface area contributed by atoms with E-state index in [1.165, 1.54) is 12.1 Å². The van der Waals surface area contributed by atoms with E-state index in [0.717, 1.165) is 11.0 Å². The molecule has 138 valence electrons. The third kappa shape index (κ3) is 3.72. The molecule has 0 saturated carbocycles. The molecule has 2 aromatic carbocycles. The molecule has 27 heavy (non-hydrogen) atoms. The van der Waals surface area contributed by atoms with Crippen LogP contribution < -0.4 is 10.6 Å². The van der Waals surface area contributed by atoms with Crippen molar-refractivity contribution in [3.8, 4) is 0 Å². The van der Waals surface area contributed by atoms with Gasteiger partial charge in [0, 0.05) is 24.8 Å². The van der Waals surface area contributed by atoms with Crippen LogP contribution >= 0.6 is 11.6 Å². The Morgan fingerprint density at radius 1 is 1.11 bits per heavy atom. The Labute approximate surface area is 158 Å². The molecule has 3 rings (SSSR count). The van der Waals surface area contributed by atoms with E-state index in [0.29, 0.717) is 11.1 Å². The fourth-order valence-corrected chi connectivity index (χ4v) is 2.82. The predicted octanol–water partition coefficient (Wildman–Crippen LogP) is 2.67. The highest BCUT2D eigenvalue weighted by atomic mass is 35.5. The molecule has 0 aliphatic carbocycles. The zero-order chi connectivity index (χ0) is 19.6. The highest BCUT2D eigenvalue weighted by molar-refractivity contribution is 6.32. The number of anilines is 1. The third-order valence-corrected chi connectivity index (χ3v) is 4.22. The first-order chi connectivity index (χ1) is 12.9. The van der Waals surface area contributed by atoms with Crippen LogP contribution in [0.2, 0.25) is 5.02 Å². The first-order valence-corrected chi connectivity index (χ1v) is 8.20. The fourth-order valence-electron chi connectivity index (χ4n) is 2.63. The summed E-state index contributed by atoms with van der Waals surface area (Å²) in [7, 11) is 0. The van der Waals surface area contributed by atoms with Gasteiger partial charge in [0.05, 0.1) is 16.1 Å². The Balaban J connectivity index is 1.55. The lowest BCUT2D eigenvalue weighted by atomic mass is 10.1. The minimum absolute atomic E-state index is 0.000528. The number of imide groups is 1. The van der Waals surface area contributed by atoms with Crippen LogP contribution in [-0.4, -0.2) is 40.8 Å². The van der Waals surface area contributed by atoms with Gasteiger partial charge in [-0.25, -0.2) is 4.79 Å². The molecule has 1 aliphatic heterocycles. The van der Waals surface area contributed by atoms with Gasteiger partial charge in [-0.05, 0) is 24.3 Å². The summed E-state index contributed by atoms with van der Waals surface area (Å²) in [5, 5.41) is 15.7. The van der Waals surface area contributed by atoms with Crippen LogP contribution in [0, 0.1) is 10.1 Å². The van der Waals surface area contributed by atoms with E-state index < -0.39 is 22.8 Å². The SMILES string of the molecule is O=C(NCCN1C(=O)c2ccccc2C1=O)Nc1ccc(Cl)c([N+](=O)[O-])c1. The zero-order valence-electron chi connectivity index (χ0n) is 13.8. The second-order valence-corrected chi connectivity index (χ2v) is 6.02. The van der Waals surface area contributed by atoms with Crippen molar-refractivity contribution in [2.45, 2.75) is 0 Å². The van der Waals surface area contributed by atoms with Crippen LogP contribution in [0.15, 0.2) is 42.5 Å². The molecule has 0 spiro atoms. The lowest BCUT2D eigenvalue weighted by molar-refractivity contribution is -0.384. The maximum absolute atomic E-state index is 12.2. The topological polar surface area (TPSA) is 122 Å². The van der Waals surface area contributed by atoms with Crippen molar-refractivity contribution < 1.29 is 19.3 Å². The number of carbonyl (C=O) groups excluding carboxylic acids is 3. The minimum atomic E-state index is -0.659. The van der Waals surface area contributed by atoms with Crippen LogP contribution in [-0.2, 0) is 0 Å². The lowest BCUT2D eigenvalue weighted by Gasteiger charge is -2.14. The number of hydrogen-bond donors (Lipinski definition) is 2. The molecule has 9 nitrogen and oxygen atoms in total. The molecule has 0 saturated heterocycles. The molecule has 10 heteroatoms. The number of rotatable bonds is 5. The van der Waals surface area contributed by atoms with Crippen molar-refractivity contribution in [1.29, 1.82) is 0 Å². The Bertz CT molecular complexity index is 927. The number of nitro benzene ring substituents is 1. The maximum Gasteiger partial charge on any atom is 0.319 e. The van der Waals surface area contributed by atoms with Gasteiger partial charge in [-0.1, -0.05) is 23.7 Å². The summed E-state index contributed by atoms with van der Waals surface area (Å²) in [6.45, 7) is 0.0213. The number of halogens is 1. The quantitative estimate of drug-likeness (QED) is 0.463. The predicted molar refractivity (Wildman–Crippen MR) is 96.9 cm³/mol. The van der Waals surface area contributed by atoms with Gasteiger partial charge < -0.3 is 10.6 Å². The van der Waals surface area contributed by atoms with E-state index in [1.54, 1.807) is 24.3 Å². The largest absolute Gasteiger partial charge is 0.336 e. The van der Waals surface area contributed by atoms with Crippen LogP contribution in [0.3, 0.4) is 0 Å². The molecule has 0 bridgehead atoms. The zero-order valence-corrected chi connectivity index (χ0v) is 14.5. The fraction of sp³-hybridized carbons (Fsp3) is 0.118. The Morgan fingerprint density at radius 2 is 1.74 bits per heavy atom. The second kappa shape index (κ2) is 7.42. The molecule has 1 heterocycles. The molecule has 0 unspecified atom stereocenters. The van der Waals surface area contributed by atoms with Gasteiger partial charge in [0.1, 0.15) is 5.02 Å². The number of hydrogen-bond acceptors (Lipinski definition) is 5. The molecule has 0 fully saturated rings. The maximum atomic E-state index is 12.2. The number of nitrogens with zero attached hydrogens (tertiary/aromatic N) is 2. The molecular formula is C17H13ClN4O5. The molecule has 2 aromatic rings. The van der Waals surface area contributed by atoms with Gasteiger partial charge in [0.15, 0.2) is 0 Å². The number of nitrogens with one attached hydrogen (secondary N) is 2. The number of urea groups is 1. The summed E-state index contributed by atoms with van der Waals surface area (Å²) in [5.41, 5.74) is 0.519.